The maximum atomic E-state index is 6.23. The molecule has 0 bridgehead atoms. The van der Waals surface area contributed by atoms with Gasteiger partial charge >= 0.3 is 0 Å². The first-order valence-electron chi connectivity index (χ1n) is 7.69. The van der Waals surface area contributed by atoms with Crippen LogP contribution in [0.1, 0.15) is 44.9 Å². The van der Waals surface area contributed by atoms with Gasteiger partial charge in [0.25, 0.3) is 0 Å². The first kappa shape index (κ1) is 14.2. The normalized spacial score (nSPS) is 28.7. The first-order chi connectivity index (χ1) is 9.74. The molecule has 3 rings (SSSR count). The highest BCUT2D eigenvalue weighted by molar-refractivity contribution is 6.30. The quantitative estimate of drug-likeness (QED) is 0.920. The van der Waals surface area contributed by atoms with Gasteiger partial charge in [-0.15, -0.1) is 0 Å². The Morgan fingerprint density at radius 2 is 2.00 bits per heavy atom. The highest BCUT2D eigenvalue weighted by atomic mass is 35.5. The third-order valence-electron chi connectivity index (χ3n) is 5.13. The molecule has 1 N–H and O–H groups in total. The molecule has 0 radical (unpaired) electrons. The molecular weight excluding hydrogens is 272 g/mol. The van der Waals surface area contributed by atoms with Gasteiger partial charge in [0.1, 0.15) is 11.9 Å². The van der Waals surface area contributed by atoms with Gasteiger partial charge < -0.3 is 10.1 Å². The maximum absolute atomic E-state index is 6.23. The number of rotatable bonds is 3. The zero-order valence-electron chi connectivity index (χ0n) is 12.1. The van der Waals surface area contributed by atoms with E-state index in [2.05, 4.69) is 17.3 Å². The fourth-order valence-corrected chi connectivity index (χ4v) is 4.16. The minimum atomic E-state index is 0.304. The molecular formula is C16H23ClN2O. The molecule has 2 unspecified atom stereocenters. The Bertz CT molecular complexity index is 458. The van der Waals surface area contributed by atoms with Crippen LogP contribution in [0.4, 0.5) is 0 Å². The summed E-state index contributed by atoms with van der Waals surface area (Å²) in [5, 5.41) is 4.14. The van der Waals surface area contributed by atoms with Gasteiger partial charge in [-0.2, -0.15) is 0 Å². The Morgan fingerprint density at radius 1 is 1.25 bits per heavy atom. The number of aromatic nitrogens is 1. The molecule has 2 aliphatic rings. The average Bonchev–Trinajstić information content (AvgIpc) is 2.71. The number of nitrogens with one attached hydrogen (secondary N) is 1. The van der Waals surface area contributed by atoms with Gasteiger partial charge in [-0.3, -0.25) is 4.98 Å². The molecule has 2 aliphatic carbocycles. The summed E-state index contributed by atoms with van der Waals surface area (Å²) >= 11 is 5.99. The summed E-state index contributed by atoms with van der Waals surface area (Å²) in [6, 6.07) is 2.46. The summed E-state index contributed by atoms with van der Waals surface area (Å²) in [4.78, 5) is 4.11. The lowest BCUT2D eigenvalue weighted by Crippen LogP contribution is -2.64. The van der Waals surface area contributed by atoms with Crippen LogP contribution in [-0.2, 0) is 0 Å². The van der Waals surface area contributed by atoms with E-state index in [9.17, 15) is 0 Å². The summed E-state index contributed by atoms with van der Waals surface area (Å²) < 4.78 is 6.23. The van der Waals surface area contributed by atoms with E-state index in [-0.39, 0.29) is 0 Å². The van der Waals surface area contributed by atoms with Crippen molar-refractivity contribution in [3.05, 3.63) is 23.5 Å². The molecule has 2 atom stereocenters. The fourth-order valence-electron chi connectivity index (χ4n) is 4.00. The molecule has 2 fully saturated rings. The molecule has 1 spiro atoms. The molecule has 20 heavy (non-hydrogen) atoms. The Kier molecular flexibility index (Phi) is 4.18. The summed E-state index contributed by atoms with van der Waals surface area (Å²) in [6.45, 7) is 0. The van der Waals surface area contributed by atoms with E-state index in [1.54, 1.807) is 12.4 Å². The summed E-state index contributed by atoms with van der Waals surface area (Å²) in [7, 11) is 2.08. The van der Waals surface area contributed by atoms with Gasteiger partial charge in [-0.05, 0) is 19.9 Å². The lowest BCUT2D eigenvalue weighted by atomic mass is 9.58. The van der Waals surface area contributed by atoms with Crippen LogP contribution >= 0.6 is 11.6 Å². The van der Waals surface area contributed by atoms with E-state index in [4.69, 9.17) is 16.3 Å². The number of halogens is 1. The second-order valence-corrected chi connectivity index (χ2v) is 6.61. The van der Waals surface area contributed by atoms with Gasteiger partial charge in [0, 0.05) is 30.1 Å². The summed E-state index contributed by atoms with van der Waals surface area (Å²) in [5.74, 6) is 0.806. The highest BCUT2D eigenvalue weighted by Crippen LogP contribution is 2.52. The van der Waals surface area contributed by atoms with Crippen molar-refractivity contribution in [1.82, 2.24) is 10.3 Å². The Labute approximate surface area is 126 Å². The lowest BCUT2D eigenvalue weighted by molar-refractivity contribution is -0.0883. The number of ether oxygens (including phenoxy) is 1. The van der Waals surface area contributed by atoms with Crippen LogP contribution in [0.5, 0.6) is 5.75 Å². The zero-order chi connectivity index (χ0) is 14.0. The molecule has 2 saturated carbocycles. The Balaban J connectivity index is 1.75. The van der Waals surface area contributed by atoms with Gasteiger partial charge in [-0.25, -0.2) is 0 Å². The third kappa shape index (κ3) is 2.53. The van der Waals surface area contributed by atoms with E-state index in [1.807, 2.05) is 6.07 Å². The average molecular weight is 295 g/mol. The molecule has 0 saturated heterocycles. The van der Waals surface area contributed by atoms with Crippen molar-refractivity contribution >= 4 is 11.6 Å². The standard InChI is InChI=1S/C16H23ClN2O/c1-18-14-9-15(16(14)6-4-2-3-5-7-16)20-13-8-12(17)10-19-11-13/h8,10-11,14-15,18H,2-7,9H2,1H3. The number of nitrogens with zero attached hydrogens (tertiary/aromatic N) is 1. The molecule has 3 nitrogen and oxygen atoms in total. The van der Waals surface area contributed by atoms with Gasteiger partial charge in [-0.1, -0.05) is 37.3 Å². The Morgan fingerprint density at radius 3 is 2.65 bits per heavy atom. The van der Waals surface area contributed by atoms with Crippen molar-refractivity contribution in [2.45, 2.75) is 57.1 Å². The topological polar surface area (TPSA) is 34.1 Å². The summed E-state index contributed by atoms with van der Waals surface area (Å²) in [6.07, 6.45) is 12.7. The van der Waals surface area contributed by atoms with Crippen LogP contribution in [0.2, 0.25) is 5.02 Å². The van der Waals surface area contributed by atoms with Crippen LogP contribution in [-0.4, -0.2) is 24.2 Å². The van der Waals surface area contributed by atoms with E-state index in [0.29, 0.717) is 22.6 Å². The van der Waals surface area contributed by atoms with Crippen molar-refractivity contribution in [2.24, 2.45) is 5.41 Å². The van der Waals surface area contributed by atoms with Crippen LogP contribution in [0.15, 0.2) is 18.5 Å². The smallest absolute Gasteiger partial charge is 0.139 e. The fraction of sp³-hybridized carbons (Fsp3) is 0.688. The van der Waals surface area contributed by atoms with Crippen molar-refractivity contribution in [2.75, 3.05) is 7.05 Å². The van der Waals surface area contributed by atoms with Crippen molar-refractivity contribution in [1.29, 1.82) is 0 Å². The lowest BCUT2D eigenvalue weighted by Gasteiger charge is -2.55. The third-order valence-corrected chi connectivity index (χ3v) is 5.33. The van der Waals surface area contributed by atoms with E-state index < -0.39 is 0 Å². The van der Waals surface area contributed by atoms with E-state index in [0.717, 1.165) is 12.2 Å². The maximum Gasteiger partial charge on any atom is 0.139 e. The zero-order valence-corrected chi connectivity index (χ0v) is 12.8. The van der Waals surface area contributed by atoms with Gasteiger partial charge in [0.05, 0.1) is 11.2 Å². The van der Waals surface area contributed by atoms with Gasteiger partial charge in [0.15, 0.2) is 0 Å². The molecule has 1 aromatic heterocycles. The molecule has 0 aromatic carbocycles. The highest BCUT2D eigenvalue weighted by Gasteiger charge is 2.55. The Hall–Kier alpha value is -0.800. The number of hydrogen-bond donors (Lipinski definition) is 1. The van der Waals surface area contributed by atoms with Crippen LogP contribution < -0.4 is 10.1 Å². The second-order valence-electron chi connectivity index (χ2n) is 6.17. The van der Waals surface area contributed by atoms with Crippen molar-refractivity contribution in [3.63, 3.8) is 0 Å². The van der Waals surface area contributed by atoms with E-state index in [1.165, 1.54) is 38.5 Å². The van der Waals surface area contributed by atoms with Crippen LogP contribution in [0.25, 0.3) is 0 Å². The number of pyridine rings is 1. The largest absolute Gasteiger partial charge is 0.488 e. The predicted molar refractivity (Wildman–Crippen MR) is 81.3 cm³/mol. The molecule has 1 aromatic rings. The molecule has 4 heteroatoms. The van der Waals surface area contributed by atoms with Gasteiger partial charge in [0.2, 0.25) is 0 Å². The predicted octanol–water partition coefficient (Wildman–Crippen LogP) is 3.81. The summed E-state index contributed by atoms with van der Waals surface area (Å²) in [5.41, 5.74) is 0.313. The van der Waals surface area contributed by atoms with Crippen molar-refractivity contribution in [3.8, 4) is 5.75 Å². The first-order valence-corrected chi connectivity index (χ1v) is 8.07. The monoisotopic (exact) mass is 294 g/mol. The second kappa shape index (κ2) is 5.90. The van der Waals surface area contributed by atoms with E-state index >= 15 is 0 Å². The van der Waals surface area contributed by atoms with Crippen LogP contribution in [0, 0.1) is 5.41 Å². The minimum Gasteiger partial charge on any atom is -0.488 e. The molecule has 0 amide bonds. The number of hydrogen-bond acceptors (Lipinski definition) is 3. The minimum absolute atomic E-state index is 0.304. The SMILES string of the molecule is CNC1CC(Oc2cncc(Cl)c2)C12CCCCCC2. The molecule has 110 valence electrons. The van der Waals surface area contributed by atoms with Crippen molar-refractivity contribution < 1.29 is 4.74 Å². The molecule has 0 aliphatic heterocycles. The molecule has 1 heterocycles. The van der Waals surface area contributed by atoms with Crippen LogP contribution in [0.3, 0.4) is 0 Å².